The lowest BCUT2D eigenvalue weighted by atomic mass is 10.1. The van der Waals surface area contributed by atoms with Gasteiger partial charge in [-0.25, -0.2) is 0 Å². The first-order valence-corrected chi connectivity index (χ1v) is 9.28. The number of methoxy groups -OCH3 is 1. The third-order valence-electron chi connectivity index (χ3n) is 4.35. The molecule has 0 bridgehead atoms. The first kappa shape index (κ1) is 19.5. The molecule has 5 heteroatoms. The molecule has 0 heterocycles. The predicted octanol–water partition coefficient (Wildman–Crippen LogP) is 4.20. The monoisotopic (exact) mass is 379 g/mol. The normalized spacial score (nSPS) is 12.8. The molecule has 0 saturated heterocycles. The molecule has 3 rings (SSSR count). The van der Waals surface area contributed by atoms with Gasteiger partial charge in [-0.1, -0.05) is 30.3 Å². The van der Waals surface area contributed by atoms with Gasteiger partial charge in [0.2, 0.25) is 0 Å². The van der Waals surface area contributed by atoms with E-state index in [0.717, 1.165) is 22.3 Å². The van der Waals surface area contributed by atoms with E-state index in [1.54, 1.807) is 14.0 Å². The number of ether oxygens (including phenoxy) is 3. The highest BCUT2D eigenvalue weighted by atomic mass is 16.5. The summed E-state index contributed by atoms with van der Waals surface area (Å²) >= 11 is 0. The molecule has 2 atom stereocenters. The molecule has 1 amide bonds. The van der Waals surface area contributed by atoms with Crippen LogP contribution in [0.25, 0.3) is 10.8 Å². The number of carbonyl (C=O) groups is 1. The number of rotatable bonds is 8. The lowest BCUT2D eigenvalue weighted by Gasteiger charge is -2.19. The van der Waals surface area contributed by atoms with Crippen LogP contribution in [0.5, 0.6) is 17.2 Å². The summed E-state index contributed by atoms with van der Waals surface area (Å²) in [5.74, 6) is 1.98. The summed E-state index contributed by atoms with van der Waals surface area (Å²) in [5.41, 5.74) is 0. The molecule has 5 nitrogen and oxygen atoms in total. The minimum atomic E-state index is -0.607. The van der Waals surface area contributed by atoms with Gasteiger partial charge in [0.15, 0.2) is 6.10 Å². The Labute approximate surface area is 165 Å². The zero-order valence-corrected chi connectivity index (χ0v) is 16.3. The molecule has 3 aromatic rings. The van der Waals surface area contributed by atoms with Crippen molar-refractivity contribution >= 4 is 16.7 Å². The number of amides is 1. The maximum absolute atomic E-state index is 12.4. The highest BCUT2D eigenvalue weighted by molar-refractivity contribution is 5.84. The van der Waals surface area contributed by atoms with Crippen molar-refractivity contribution in [3.05, 3.63) is 66.7 Å². The second-order valence-corrected chi connectivity index (χ2v) is 6.67. The maximum atomic E-state index is 12.4. The molecule has 0 spiro atoms. The minimum absolute atomic E-state index is 0.155. The second-order valence-electron chi connectivity index (χ2n) is 6.67. The highest BCUT2D eigenvalue weighted by Crippen LogP contribution is 2.21. The van der Waals surface area contributed by atoms with E-state index < -0.39 is 6.10 Å². The Morgan fingerprint density at radius 2 is 1.54 bits per heavy atom. The topological polar surface area (TPSA) is 56.8 Å². The van der Waals surface area contributed by atoms with E-state index in [1.165, 1.54) is 0 Å². The van der Waals surface area contributed by atoms with Crippen molar-refractivity contribution < 1.29 is 19.0 Å². The van der Waals surface area contributed by atoms with Gasteiger partial charge in [-0.2, -0.15) is 0 Å². The quantitative estimate of drug-likeness (QED) is 0.637. The molecule has 0 saturated carbocycles. The zero-order chi connectivity index (χ0) is 19.9. The van der Waals surface area contributed by atoms with E-state index in [0.29, 0.717) is 12.4 Å². The van der Waals surface area contributed by atoms with Gasteiger partial charge < -0.3 is 19.5 Å². The second kappa shape index (κ2) is 9.13. The molecule has 1 N–H and O–H groups in total. The van der Waals surface area contributed by atoms with Crippen molar-refractivity contribution in [2.45, 2.75) is 26.0 Å². The fourth-order valence-electron chi connectivity index (χ4n) is 2.79. The molecule has 0 aliphatic carbocycles. The average Bonchev–Trinajstić information content (AvgIpc) is 2.72. The van der Waals surface area contributed by atoms with E-state index in [1.807, 2.05) is 73.7 Å². The number of benzene rings is 3. The van der Waals surface area contributed by atoms with E-state index >= 15 is 0 Å². The smallest absolute Gasteiger partial charge is 0.261 e. The van der Waals surface area contributed by atoms with Crippen molar-refractivity contribution in [2.24, 2.45) is 0 Å². The Kier molecular flexibility index (Phi) is 6.37. The zero-order valence-electron chi connectivity index (χ0n) is 16.3. The maximum Gasteiger partial charge on any atom is 0.261 e. The van der Waals surface area contributed by atoms with Crippen LogP contribution in [0.4, 0.5) is 0 Å². The van der Waals surface area contributed by atoms with E-state index in [-0.39, 0.29) is 11.9 Å². The van der Waals surface area contributed by atoms with Gasteiger partial charge in [-0.15, -0.1) is 0 Å². The van der Waals surface area contributed by atoms with Gasteiger partial charge in [-0.05, 0) is 61.0 Å². The molecule has 0 aliphatic rings. The van der Waals surface area contributed by atoms with Crippen LogP contribution in [0, 0.1) is 0 Å². The van der Waals surface area contributed by atoms with Gasteiger partial charge in [0, 0.05) is 0 Å². The molecular weight excluding hydrogens is 354 g/mol. The summed E-state index contributed by atoms with van der Waals surface area (Å²) in [6, 6.07) is 21.0. The Hall–Kier alpha value is -3.21. The van der Waals surface area contributed by atoms with Crippen molar-refractivity contribution in [3.63, 3.8) is 0 Å². The van der Waals surface area contributed by atoms with Crippen molar-refractivity contribution in [2.75, 3.05) is 13.7 Å². The Morgan fingerprint density at radius 3 is 2.25 bits per heavy atom. The van der Waals surface area contributed by atoms with E-state index in [4.69, 9.17) is 14.2 Å². The molecule has 3 aromatic carbocycles. The van der Waals surface area contributed by atoms with Crippen molar-refractivity contribution in [3.8, 4) is 17.2 Å². The van der Waals surface area contributed by atoms with Gasteiger partial charge >= 0.3 is 0 Å². The fourth-order valence-corrected chi connectivity index (χ4v) is 2.79. The number of hydrogen-bond donors (Lipinski definition) is 1. The van der Waals surface area contributed by atoms with E-state index in [9.17, 15) is 4.79 Å². The van der Waals surface area contributed by atoms with Crippen molar-refractivity contribution in [1.29, 1.82) is 0 Å². The molecule has 0 radical (unpaired) electrons. The van der Waals surface area contributed by atoms with Crippen LogP contribution in [-0.4, -0.2) is 31.8 Å². The Balaban J connectivity index is 1.49. The summed E-state index contributed by atoms with van der Waals surface area (Å²) < 4.78 is 16.6. The highest BCUT2D eigenvalue weighted by Gasteiger charge is 2.17. The Bertz CT molecular complexity index is 923. The van der Waals surface area contributed by atoms with Crippen LogP contribution in [-0.2, 0) is 4.79 Å². The first-order valence-electron chi connectivity index (χ1n) is 9.28. The van der Waals surface area contributed by atoms with Crippen LogP contribution in [0.3, 0.4) is 0 Å². The average molecular weight is 379 g/mol. The molecule has 0 fully saturated rings. The predicted molar refractivity (Wildman–Crippen MR) is 110 cm³/mol. The number of nitrogens with one attached hydrogen (secondary N) is 1. The van der Waals surface area contributed by atoms with E-state index in [2.05, 4.69) is 5.32 Å². The molecule has 0 aromatic heterocycles. The van der Waals surface area contributed by atoms with Gasteiger partial charge in [0.05, 0.1) is 13.2 Å². The SMILES string of the molecule is COc1ccc(OC[C@@H](C)NC(=O)[C@H](C)Oc2ccc3ccccc3c2)cc1. The molecule has 0 aliphatic heterocycles. The summed E-state index contributed by atoms with van der Waals surface area (Å²) in [6.07, 6.45) is -0.607. The van der Waals surface area contributed by atoms with Crippen LogP contribution >= 0.6 is 0 Å². The summed E-state index contributed by atoms with van der Waals surface area (Å²) in [7, 11) is 1.62. The lowest BCUT2D eigenvalue weighted by Crippen LogP contribution is -2.43. The van der Waals surface area contributed by atoms with Crippen LogP contribution in [0.1, 0.15) is 13.8 Å². The van der Waals surface area contributed by atoms with Crippen LogP contribution in [0.15, 0.2) is 66.7 Å². The first-order chi connectivity index (χ1) is 13.5. The largest absolute Gasteiger partial charge is 0.497 e. The molecule has 28 heavy (non-hydrogen) atoms. The van der Waals surface area contributed by atoms with Crippen LogP contribution < -0.4 is 19.5 Å². The van der Waals surface area contributed by atoms with Gasteiger partial charge in [0.1, 0.15) is 23.9 Å². The summed E-state index contributed by atoms with van der Waals surface area (Å²) in [4.78, 5) is 12.4. The van der Waals surface area contributed by atoms with Crippen molar-refractivity contribution in [1.82, 2.24) is 5.32 Å². The molecule has 146 valence electrons. The third kappa shape index (κ3) is 5.16. The lowest BCUT2D eigenvalue weighted by molar-refractivity contribution is -0.128. The summed E-state index contributed by atoms with van der Waals surface area (Å²) in [5, 5.41) is 5.13. The van der Waals surface area contributed by atoms with Crippen LogP contribution in [0.2, 0.25) is 0 Å². The Morgan fingerprint density at radius 1 is 0.893 bits per heavy atom. The molecule has 0 unspecified atom stereocenters. The molecular formula is C23H25NO4. The number of carbonyl (C=O) groups excluding carboxylic acids is 1. The number of fused-ring (bicyclic) bond motifs is 1. The minimum Gasteiger partial charge on any atom is -0.497 e. The standard InChI is InChI=1S/C23H25NO4/c1-16(15-27-21-12-10-20(26-3)11-13-21)24-23(25)17(2)28-22-9-8-18-6-4-5-7-19(18)14-22/h4-14,16-17H,15H2,1-3H3,(H,24,25)/t16-,17+/m1/s1. The third-order valence-corrected chi connectivity index (χ3v) is 4.35. The fraction of sp³-hybridized carbons (Fsp3) is 0.261. The number of hydrogen-bond acceptors (Lipinski definition) is 4. The van der Waals surface area contributed by atoms with Gasteiger partial charge in [0.25, 0.3) is 5.91 Å². The van der Waals surface area contributed by atoms with Gasteiger partial charge in [-0.3, -0.25) is 4.79 Å². The summed E-state index contributed by atoms with van der Waals surface area (Å²) in [6.45, 7) is 3.99.